The molecule has 1 unspecified atom stereocenters. The number of carbonyl (C=O) groups is 1. The Labute approximate surface area is 144 Å². The average Bonchev–Trinajstić information content (AvgIpc) is 3.34. The van der Waals surface area contributed by atoms with Crippen LogP contribution in [0.1, 0.15) is 29.2 Å². The van der Waals surface area contributed by atoms with Crippen molar-refractivity contribution >= 4 is 5.91 Å². The molecule has 1 fully saturated rings. The van der Waals surface area contributed by atoms with Gasteiger partial charge in [0.25, 0.3) is 5.91 Å². The van der Waals surface area contributed by atoms with E-state index in [1.54, 1.807) is 36.9 Å². The fourth-order valence-electron chi connectivity index (χ4n) is 3.25. The van der Waals surface area contributed by atoms with Gasteiger partial charge in [-0.2, -0.15) is 5.10 Å². The van der Waals surface area contributed by atoms with Crippen molar-refractivity contribution in [2.45, 2.75) is 18.9 Å². The first-order chi connectivity index (χ1) is 12.2. The van der Waals surface area contributed by atoms with Crippen molar-refractivity contribution < 1.29 is 9.18 Å². The summed E-state index contributed by atoms with van der Waals surface area (Å²) < 4.78 is 17.3. The third kappa shape index (κ3) is 3.05. The molecule has 3 heterocycles. The summed E-state index contributed by atoms with van der Waals surface area (Å²) >= 11 is 0. The molecule has 0 spiro atoms. The van der Waals surface area contributed by atoms with E-state index >= 15 is 0 Å². The number of para-hydroxylation sites is 1. The van der Waals surface area contributed by atoms with E-state index in [2.05, 4.69) is 10.1 Å². The second-order valence-electron chi connectivity index (χ2n) is 6.18. The summed E-state index contributed by atoms with van der Waals surface area (Å²) in [6.45, 7) is 1.36. The van der Waals surface area contributed by atoms with Crippen molar-refractivity contribution in [1.29, 1.82) is 0 Å². The number of rotatable bonds is 3. The van der Waals surface area contributed by atoms with Crippen LogP contribution in [0.15, 0.2) is 55.4 Å². The molecule has 4 rings (SSSR count). The molecular weight excluding hydrogens is 321 g/mol. The van der Waals surface area contributed by atoms with Crippen molar-refractivity contribution in [3.8, 4) is 5.69 Å². The number of benzene rings is 1. The van der Waals surface area contributed by atoms with Crippen molar-refractivity contribution in [3.63, 3.8) is 0 Å². The molecule has 0 bridgehead atoms. The van der Waals surface area contributed by atoms with E-state index in [1.807, 2.05) is 15.7 Å². The van der Waals surface area contributed by atoms with Gasteiger partial charge in [0, 0.05) is 31.7 Å². The molecule has 0 N–H and O–H groups in total. The van der Waals surface area contributed by atoms with Crippen LogP contribution in [0, 0.1) is 5.82 Å². The van der Waals surface area contributed by atoms with E-state index in [4.69, 9.17) is 0 Å². The number of amides is 1. The minimum absolute atomic E-state index is 0.0765. The number of hydrogen-bond acceptors (Lipinski definition) is 3. The summed E-state index contributed by atoms with van der Waals surface area (Å²) in [5.41, 5.74) is 0.797. The largest absolute Gasteiger partial charge is 0.336 e. The molecule has 1 atom stereocenters. The highest BCUT2D eigenvalue weighted by molar-refractivity contribution is 5.93. The Balaban J connectivity index is 1.52. The van der Waals surface area contributed by atoms with Crippen LogP contribution in [0.25, 0.3) is 5.69 Å². The van der Waals surface area contributed by atoms with Gasteiger partial charge >= 0.3 is 0 Å². The van der Waals surface area contributed by atoms with Crippen LogP contribution in [0.3, 0.4) is 0 Å². The topological polar surface area (TPSA) is 56.0 Å². The van der Waals surface area contributed by atoms with Crippen LogP contribution in [0.4, 0.5) is 4.39 Å². The molecule has 0 aliphatic carbocycles. The highest BCUT2D eigenvalue weighted by Gasteiger charge is 2.26. The van der Waals surface area contributed by atoms with E-state index in [0.717, 1.165) is 19.4 Å². The third-order valence-electron chi connectivity index (χ3n) is 4.56. The summed E-state index contributed by atoms with van der Waals surface area (Å²) in [5, 5.41) is 4.15. The molecule has 1 aliphatic rings. The Morgan fingerprint density at radius 3 is 2.96 bits per heavy atom. The standard InChI is InChI=1S/C18H18FN5O/c19-16-5-1-2-6-17(16)24-11-14(10-21-24)18(25)22-8-3-4-15(12-22)23-9-7-20-13-23/h1-2,5-7,9-11,13,15H,3-4,8,12H2. The molecule has 7 heteroatoms. The number of likely N-dealkylation sites (tertiary alicyclic amines) is 1. The summed E-state index contributed by atoms with van der Waals surface area (Å²) in [4.78, 5) is 18.7. The summed E-state index contributed by atoms with van der Waals surface area (Å²) in [6, 6.07) is 6.60. The predicted octanol–water partition coefficient (Wildman–Crippen LogP) is 2.69. The van der Waals surface area contributed by atoms with Crippen molar-refractivity contribution in [2.24, 2.45) is 0 Å². The van der Waals surface area contributed by atoms with Crippen molar-refractivity contribution in [3.05, 3.63) is 66.8 Å². The van der Waals surface area contributed by atoms with Gasteiger partial charge in [-0.1, -0.05) is 12.1 Å². The van der Waals surface area contributed by atoms with Gasteiger partial charge in [-0.15, -0.1) is 0 Å². The zero-order valence-electron chi connectivity index (χ0n) is 13.6. The predicted molar refractivity (Wildman–Crippen MR) is 89.9 cm³/mol. The second kappa shape index (κ2) is 6.51. The lowest BCUT2D eigenvalue weighted by molar-refractivity contribution is 0.0679. The van der Waals surface area contributed by atoms with Gasteiger partial charge in [-0.05, 0) is 25.0 Å². The van der Waals surface area contributed by atoms with Gasteiger partial charge in [0.15, 0.2) is 0 Å². The minimum atomic E-state index is -0.372. The molecule has 1 amide bonds. The normalized spacial score (nSPS) is 17.6. The molecule has 0 radical (unpaired) electrons. The molecule has 25 heavy (non-hydrogen) atoms. The van der Waals surface area contributed by atoms with Gasteiger partial charge in [0.2, 0.25) is 0 Å². The SMILES string of the molecule is O=C(c1cnn(-c2ccccc2F)c1)N1CCCC(n2ccnc2)C1. The quantitative estimate of drug-likeness (QED) is 0.737. The number of imidazole rings is 1. The fourth-order valence-corrected chi connectivity index (χ4v) is 3.25. The summed E-state index contributed by atoms with van der Waals surface area (Å²) in [7, 11) is 0. The maximum atomic E-state index is 13.9. The fraction of sp³-hybridized carbons (Fsp3) is 0.278. The van der Waals surface area contributed by atoms with Gasteiger partial charge in [-0.25, -0.2) is 14.1 Å². The number of aromatic nitrogens is 4. The first kappa shape index (κ1) is 15.6. The monoisotopic (exact) mass is 339 g/mol. The number of nitrogens with zero attached hydrogens (tertiary/aromatic N) is 5. The van der Waals surface area contributed by atoms with Crippen LogP contribution >= 0.6 is 0 Å². The zero-order valence-corrected chi connectivity index (χ0v) is 13.6. The third-order valence-corrected chi connectivity index (χ3v) is 4.56. The van der Waals surface area contributed by atoms with Crippen LogP contribution in [0.2, 0.25) is 0 Å². The number of halogens is 1. The Bertz CT molecular complexity index is 873. The van der Waals surface area contributed by atoms with E-state index in [0.29, 0.717) is 17.8 Å². The molecule has 1 aliphatic heterocycles. The Morgan fingerprint density at radius 1 is 1.28 bits per heavy atom. The molecule has 1 aromatic carbocycles. The van der Waals surface area contributed by atoms with E-state index in [1.165, 1.54) is 16.9 Å². The number of carbonyl (C=O) groups excluding carboxylic acids is 1. The van der Waals surface area contributed by atoms with Crippen LogP contribution in [-0.4, -0.2) is 43.2 Å². The molecule has 128 valence electrons. The smallest absolute Gasteiger partial charge is 0.257 e. The molecule has 3 aromatic rings. The van der Waals surface area contributed by atoms with Crippen molar-refractivity contribution in [2.75, 3.05) is 13.1 Å². The van der Waals surface area contributed by atoms with Crippen LogP contribution in [0.5, 0.6) is 0 Å². The van der Waals surface area contributed by atoms with Gasteiger partial charge in [-0.3, -0.25) is 4.79 Å². The first-order valence-corrected chi connectivity index (χ1v) is 8.28. The van der Waals surface area contributed by atoms with E-state index in [-0.39, 0.29) is 17.8 Å². The second-order valence-corrected chi connectivity index (χ2v) is 6.18. The summed E-state index contributed by atoms with van der Waals surface area (Å²) in [6.07, 6.45) is 10.5. The highest BCUT2D eigenvalue weighted by Crippen LogP contribution is 2.23. The highest BCUT2D eigenvalue weighted by atomic mass is 19.1. The molecule has 0 saturated carbocycles. The van der Waals surface area contributed by atoms with Gasteiger partial charge < -0.3 is 9.47 Å². The molecular formula is C18H18FN5O. The van der Waals surface area contributed by atoms with Crippen molar-refractivity contribution in [1.82, 2.24) is 24.2 Å². The Hall–Kier alpha value is -2.96. The van der Waals surface area contributed by atoms with Gasteiger partial charge in [0.1, 0.15) is 11.5 Å². The van der Waals surface area contributed by atoms with Gasteiger partial charge in [0.05, 0.1) is 24.1 Å². The number of hydrogen-bond donors (Lipinski definition) is 0. The molecule has 1 saturated heterocycles. The van der Waals surface area contributed by atoms with E-state index in [9.17, 15) is 9.18 Å². The maximum absolute atomic E-state index is 13.9. The lowest BCUT2D eigenvalue weighted by atomic mass is 10.0. The summed E-state index contributed by atoms with van der Waals surface area (Å²) in [5.74, 6) is -0.449. The van der Waals surface area contributed by atoms with Crippen LogP contribution < -0.4 is 0 Å². The molecule has 6 nitrogen and oxygen atoms in total. The minimum Gasteiger partial charge on any atom is -0.336 e. The Kier molecular flexibility index (Phi) is 4.05. The Morgan fingerprint density at radius 2 is 2.16 bits per heavy atom. The first-order valence-electron chi connectivity index (χ1n) is 8.28. The molecule has 2 aromatic heterocycles. The van der Waals surface area contributed by atoms with E-state index < -0.39 is 0 Å². The average molecular weight is 339 g/mol. The lowest BCUT2D eigenvalue weighted by Crippen LogP contribution is -2.40. The zero-order chi connectivity index (χ0) is 17.2. The number of piperidine rings is 1. The van der Waals surface area contributed by atoms with Crippen LogP contribution in [-0.2, 0) is 0 Å². The maximum Gasteiger partial charge on any atom is 0.257 e. The lowest BCUT2D eigenvalue weighted by Gasteiger charge is -2.33.